The molecule has 0 spiro atoms. The highest BCUT2D eigenvalue weighted by atomic mass is 16.5. The number of hydrogen-bond donors (Lipinski definition) is 1. The summed E-state index contributed by atoms with van der Waals surface area (Å²) in [6.45, 7) is 1.94. The number of nitrogen functional groups attached to an aromatic ring is 1. The fourth-order valence-corrected chi connectivity index (χ4v) is 0.953. The van der Waals surface area contributed by atoms with Crippen LogP contribution in [0.15, 0.2) is 6.07 Å². The summed E-state index contributed by atoms with van der Waals surface area (Å²) in [5.41, 5.74) is 7.58. The van der Waals surface area contributed by atoms with Crippen LogP contribution in [0.25, 0.3) is 0 Å². The average molecular weight is 150 g/mol. The molecule has 0 radical (unpaired) electrons. The normalized spacial score (nSPS) is 9.64. The first-order valence-electron chi connectivity index (χ1n) is 3.43. The first-order valence-corrected chi connectivity index (χ1v) is 3.43. The van der Waals surface area contributed by atoms with E-state index in [1.165, 1.54) is 0 Å². The first-order chi connectivity index (χ1) is 5.15. The van der Waals surface area contributed by atoms with Gasteiger partial charge in [0.15, 0.2) is 0 Å². The second kappa shape index (κ2) is 2.82. The Morgan fingerprint density at radius 3 is 2.82 bits per heavy atom. The van der Waals surface area contributed by atoms with Gasteiger partial charge in [-0.05, 0) is 12.4 Å². The molecule has 0 amide bonds. The minimum Gasteiger partial charge on any atom is -0.481 e. The zero-order chi connectivity index (χ0) is 8.43. The summed E-state index contributed by atoms with van der Waals surface area (Å²) in [7, 11) is 3.51. The number of anilines is 1. The summed E-state index contributed by atoms with van der Waals surface area (Å²) >= 11 is 0. The Labute approximate surface area is 67.0 Å². The van der Waals surface area contributed by atoms with Crippen molar-refractivity contribution in [3.63, 3.8) is 0 Å². The van der Waals surface area contributed by atoms with Gasteiger partial charge in [-0.1, -0.05) is 6.07 Å². The van der Waals surface area contributed by atoms with Crippen LogP contribution in [0.5, 0.6) is 5.88 Å². The molecule has 1 aromatic rings. The standard InChI is InChI=1S/C7H11BN2O/c1-4-3-5(8)6(9)10-7(4)11-2/h3H,8H2,1-2H3,(H2,9,10). The number of nitrogens with two attached hydrogens (primary N) is 1. The highest BCUT2D eigenvalue weighted by Gasteiger charge is 2.02. The molecule has 0 unspecified atom stereocenters. The second-order valence-corrected chi connectivity index (χ2v) is 2.52. The van der Waals surface area contributed by atoms with Crippen LogP contribution in [0, 0.1) is 6.92 Å². The van der Waals surface area contributed by atoms with Crippen LogP contribution in [0.4, 0.5) is 5.82 Å². The van der Waals surface area contributed by atoms with Crippen molar-refractivity contribution in [3.8, 4) is 5.88 Å². The van der Waals surface area contributed by atoms with Gasteiger partial charge in [-0.2, -0.15) is 4.98 Å². The van der Waals surface area contributed by atoms with Crippen LogP contribution >= 0.6 is 0 Å². The molecule has 11 heavy (non-hydrogen) atoms. The van der Waals surface area contributed by atoms with Crippen molar-refractivity contribution < 1.29 is 4.74 Å². The van der Waals surface area contributed by atoms with Gasteiger partial charge >= 0.3 is 0 Å². The Morgan fingerprint density at radius 2 is 2.27 bits per heavy atom. The van der Waals surface area contributed by atoms with Crippen molar-refractivity contribution in [3.05, 3.63) is 11.6 Å². The third kappa shape index (κ3) is 1.45. The van der Waals surface area contributed by atoms with Crippen molar-refractivity contribution in [1.82, 2.24) is 4.98 Å². The quantitative estimate of drug-likeness (QED) is 0.535. The molecular weight excluding hydrogens is 139 g/mol. The van der Waals surface area contributed by atoms with Crippen molar-refractivity contribution in [1.29, 1.82) is 0 Å². The van der Waals surface area contributed by atoms with Crippen LogP contribution in [-0.2, 0) is 0 Å². The number of methoxy groups -OCH3 is 1. The van der Waals surface area contributed by atoms with E-state index in [2.05, 4.69) is 4.98 Å². The topological polar surface area (TPSA) is 48.1 Å². The second-order valence-electron chi connectivity index (χ2n) is 2.52. The van der Waals surface area contributed by atoms with Crippen molar-refractivity contribution in [2.24, 2.45) is 0 Å². The largest absolute Gasteiger partial charge is 0.481 e. The summed E-state index contributed by atoms with van der Waals surface area (Å²) in [4.78, 5) is 4.05. The molecule has 0 fully saturated rings. The summed E-state index contributed by atoms with van der Waals surface area (Å²) in [6, 6.07) is 1.96. The summed E-state index contributed by atoms with van der Waals surface area (Å²) in [5.74, 6) is 1.14. The van der Waals surface area contributed by atoms with Gasteiger partial charge in [0.25, 0.3) is 0 Å². The van der Waals surface area contributed by atoms with Gasteiger partial charge < -0.3 is 10.5 Å². The number of nitrogens with zero attached hydrogens (tertiary/aromatic N) is 1. The van der Waals surface area contributed by atoms with E-state index in [1.54, 1.807) is 7.11 Å². The van der Waals surface area contributed by atoms with Crippen LogP contribution in [0.1, 0.15) is 5.56 Å². The summed E-state index contributed by atoms with van der Waals surface area (Å²) in [5, 5.41) is 0. The lowest BCUT2D eigenvalue weighted by atomic mass is 9.96. The molecule has 0 bridgehead atoms. The molecule has 0 aliphatic carbocycles. The number of ether oxygens (including phenoxy) is 1. The van der Waals surface area contributed by atoms with Gasteiger partial charge in [0.1, 0.15) is 13.7 Å². The van der Waals surface area contributed by atoms with Crippen LogP contribution in [0.3, 0.4) is 0 Å². The number of pyridine rings is 1. The molecule has 0 atom stereocenters. The molecule has 4 heteroatoms. The van der Waals surface area contributed by atoms with Crippen molar-refractivity contribution in [2.75, 3.05) is 12.8 Å². The maximum Gasteiger partial charge on any atom is 0.217 e. The fourth-order valence-electron chi connectivity index (χ4n) is 0.953. The molecule has 1 aromatic heterocycles. The first kappa shape index (κ1) is 7.92. The van der Waals surface area contributed by atoms with E-state index in [-0.39, 0.29) is 0 Å². The predicted molar refractivity (Wildman–Crippen MR) is 48.1 cm³/mol. The molecule has 0 aromatic carbocycles. The zero-order valence-electron chi connectivity index (χ0n) is 7.01. The lowest BCUT2D eigenvalue weighted by Crippen LogP contribution is -2.13. The highest BCUT2D eigenvalue weighted by Crippen LogP contribution is 2.12. The Balaban J connectivity index is 3.21. The van der Waals surface area contributed by atoms with Crippen LogP contribution < -0.4 is 15.9 Å². The van der Waals surface area contributed by atoms with Gasteiger partial charge in [0.2, 0.25) is 5.88 Å². The maximum atomic E-state index is 5.57. The number of aryl methyl sites for hydroxylation is 1. The zero-order valence-corrected chi connectivity index (χ0v) is 7.01. The van der Waals surface area contributed by atoms with E-state index in [0.29, 0.717) is 11.7 Å². The SMILES string of the molecule is Bc1cc(C)c(OC)nc1N. The van der Waals surface area contributed by atoms with E-state index in [4.69, 9.17) is 10.5 Å². The summed E-state index contributed by atoms with van der Waals surface area (Å²) < 4.78 is 4.99. The van der Waals surface area contributed by atoms with E-state index in [1.807, 2.05) is 20.8 Å². The molecule has 0 aliphatic heterocycles. The highest BCUT2D eigenvalue weighted by molar-refractivity contribution is 6.35. The number of aromatic nitrogens is 1. The average Bonchev–Trinajstić information content (AvgIpc) is 1.97. The Kier molecular flexibility index (Phi) is 2.03. The molecule has 1 rings (SSSR count). The van der Waals surface area contributed by atoms with Gasteiger partial charge in [0, 0.05) is 5.56 Å². The maximum absolute atomic E-state index is 5.57. The molecule has 58 valence electrons. The third-order valence-corrected chi connectivity index (χ3v) is 1.59. The minimum atomic E-state index is 0.535. The lowest BCUT2D eigenvalue weighted by Gasteiger charge is -2.05. The summed E-state index contributed by atoms with van der Waals surface area (Å²) in [6.07, 6.45) is 0. The van der Waals surface area contributed by atoms with Gasteiger partial charge in [-0.15, -0.1) is 0 Å². The monoisotopic (exact) mass is 150 g/mol. The Hall–Kier alpha value is -1.19. The van der Waals surface area contributed by atoms with Gasteiger partial charge in [-0.25, -0.2) is 0 Å². The van der Waals surface area contributed by atoms with E-state index < -0.39 is 0 Å². The smallest absolute Gasteiger partial charge is 0.217 e. The van der Waals surface area contributed by atoms with E-state index in [9.17, 15) is 0 Å². The third-order valence-electron chi connectivity index (χ3n) is 1.59. The molecule has 3 nitrogen and oxygen atoms in total. The molecule has 2 N–H and O–H groups in total. The van der Waals surface area contributed by atoms with Crippen molar-refractivity contribution >= 4 is 19.1 Å². The van der Waals surface area contributed by atoms with Gasteiger partial charge in [-0.3, -0.25) is 0 Å². The Bertz CT molecular complexity index is 275. The van der Waals surface area contributed by atoms with Crippen LogP contribution in [0.2, 0.25) is 0 Å². The van der Waals surface area contributed by atoms with Crippen LogP contribution in [-0.4, -0.2) is 19.9 Å². The number of hydrogen-bond acceptors (Lipinski definition) is 3. The lowest BCUT2D eigenvalue weighted by molar-refractivity contribution is 0.395. The number of rotatable bonds is 1. The van der Waals surface area contributed by atoms with E-state index >= 15 is 0 Å². The predicted octanol–water partition coefficient (Wildman–Crippen LogP) is -0.761. The fraction of sp³-hybridized carbons (Fsp3) is 0.286. The molecule has 1 heterocycles. The van der Waals surface area contributed by atoms with Gasteiger partial charge in [0.05, 0.1) is 7.11 Å². The minimum absolute atomic E-state index is 0.535. The van der Waals surface area contributed by atoms with Crippen molar-refractivity contribution in [2.45, 2.75) is 6.92 Å². The molecule has 0 saturated heterocycles. The Morgan fingerprint density at radius 1 is 1.64 bits per heavy atom. The molecule has 0 saturated carbocycles. The van der Waals surface area contributed by atoms with E-state index in [0.717, 1.165) is 11.0 Å². The molecular formula is C7H11BN2O. The molecule has 0 aliphatic rings.